The van der Waals surface area contributed by atoms with Gasteiger partial charge in [0, 0.05) is 57.4 Å². The Morgan fingerprint density at radius 1 is 1.45 bits per heavy atom. The molecule has 1 atom stereocenters. The zero-order chi connectivity index (χ0) is 15.0. The summed E-state index contributed by atoms with van der Waals surface area (Å²) in [5, 5.41) is 0. The Morgan fingerprint density at radius 2 is 2.23 bits per heavy atom. The molecule has 1 fully saturated rings. The maximum Gasteiger partial charge on any atom is 0.410 e. The maximum atomic E-state index is 12.1. The summed E-state index contributed by atoms with van der Waals surface area (Å²) in [6.07, 6.45) is 4.54. The Bertz CT molecular complexity index is 663. The molecule has 6 heteroatoms. The van der Waals surface area contributed by atoms with Gasteiger partial charge in [-0.3, -0.25) is 4.98 Å². The average molecular weight is 394 g/mol. The van der Waals surface area contributed by atoms with Crippen LogP contribution in [-0.2, 0) is 25.2 Å². The maximum absolute atomic E-state index is 12.1. The molecule has 0 radical (unpaired) electrons. The number of hydrogen-bond acceptors (Lipinski definition) is 3. The largest absolute Gasteiger partial charge is 0.444 e. The number of rotatable bonds is 1. The quantitative estimate of drug-likeness (QED) is 0.756. The van der Waals surface area contributed by atoms with Gasteiger partial charge in [0.05, 0.1) is 11.0 Å². The van der Waals surface area contributed by atoms with Gasteiger partial charge in [-0.2, -0.15) is 0 Å². The van der Waals surface area contributed by atoms with Crippen LogP contribution in [-0.4, -0.2) is 39.7 Å². The van der Waals surface area contributed by atoms with Crippen molar-refractivity contribution in [2.24, 2.45) is 0 Å². The number of carbonyl (C=O) groups is 1. The third-order valence-electron chi connectivity index (χ3n) is 3.74. The van der Waals surface area contributed by atoms with Crippen LogP contribution in [0.5, 0.6) is 0 Å². The molecule has 5 nitrogen and oxygen atoms in total. The molecule has 1 aliphatic rings. The molecule has 1 amide bonds. The van der Waals surface area contributed by atoms with E-state index in [0.29, 0.717) is 12.5 Å². The first-order valence-corrected chi connectivity index (χ1v) is 7.34. The molecule has 3 rings (SSSR count). The van der Waals surface area contributed by atoms with E-state index in [1.807, 2.05) is 39.1 Å². The van der Waals surface area contributed by atoms with E-state index in [2.05, 4.69) is 9.97 Å². The number of aromatic nitrogens is 2. The van der Waals surface area contributed by atoms with Crippen LogP contribution >= 0.6 is 0 Å². The van der Waals surface area contributed by atoms with Crippen LogP contribution in [0.3, 0.4) is 0 Å². The molecular weight excluding hydrogens is 373 g/mol. The Morgan fingerprint density at radius 3 is 2.95 bits per heavy atom. The van der Waals surface area contributed by atoms with Gasteiger partial charge in [0.15, 0.2) is 0 Å². The summed E-state index contributed by atoms with van der Waals surface area (Å²) in [5.74, 6) is 0.321. The van der Waals surface area contributed by atoms with Gasteiger partial charge in [-0.1, -0.05) is 0 Å². The van der Waals surface area contributed by atoms with Crippen molar-refractivity contribution in [2.45, 2.75) is 38.7 Å². The fourth-order valence-electron chi connectivity index (χ4n) is 2.79. The van der Waals surface area contributed by atoms with Crippen LogP contribution in [0.25, 0.3) is 11.0 Å². The zero-order valence-electron chi connectivity index (χ0n) is 13.0. The molecule has 2 aromatic heterocycles. The first-order chi connectivity index (χ1) is 9.94. The minimum Gasteiger partial charge on any atom is -0.444 e. The number of H-pyrrole nitrogens is 1. The second-order valence-electron chi connectivity index (χ2n) is 6.56. The summed E-state index contributed by atoms with van der Waals surface area (Å²) >= 11 is 0. The van der Waals surface area contributed by atoms with Crippen molar-refractivity contribution in [1.29, 1.82) is 0 Å². The van der Waals surface area contributed by atoms with Crippen LogP contribution in [0, 0.1) is 0 Å². The molecule has 1 saturated heterocycles. The number of aromatic amines is 1. The Labute approximate surface area is 144 Å². The van der Waals surface area contributed by atoms with Gasteiger partial charge < -0.3 is 14.6 Å². The minimum absolute atomic E-state index is 0. The molecule has 0 bridgehead atoms. The molecule has 1 N–H and O–H groups in total. The number of hydrogen-bond donors (Lipinski definition) is 1. The number of fused-ring (bicyclic) bond motifs is 1. The number of nitrogens with zero attached hydrogens (tertiary/aromatic N) is 2. The third-order valence-corrected chi connectivity index (χ3v) is 3.74. The van der Waals surface area contributed by atoms with Crippen molar-refractivity contribution in [2.75, 3.05) is 13.1 Å². The Kier molecular flexibility index (Phi) is 4.94. The first kappa shape index (κ1) is 17.0. The molecule has 0 aromatic carbocycles. The normalized spacial score (nSPS) is 18.3. The monoisotopic (exact) mass is 393 g/mol. The number of pyridine rings is 1. The predicted molar refractivity (Wildman–Crippen MR) is 81.3 cm³/mol. The first-order valence-electron chi connectivity index (χ1n) is 7.34. The molecule has 2 aromatic rings. The van der Waals surface area contributed by atoms with Crippen LogP contribution in [0.1, 0.15) is 38.7 Å². The van der Waals surface area contributed by atoms with Crippen molar-refractivity contribution < 1.29 is 30.0 Å². The van der Waals surface area contributed by atoms with Gasteiger partial charge in [0.2, 0.25) is 0 Å². The van der Waals surface area contributed by atoms with E-state index < -0.39 is 5.60 Å². The molecular formula is C16H21N3O2Pd. The van der Waals surface area contributed by atoms with Gasteiger partial charge in [-0.05, 0) is 39.3 Å². The number of nitrogens with one attached hydrogen (secondary N) is 1. The van der Waals surface area contributed by atoms with Gasteiger partial charge in [0.25, 0.3) is 0 Å². The number of ether oxygens (including phenoxy) is 1. The van der Waals surface area contributed by atoms with E-state index in [9.17, 15) is 4.79 Å². The van der Waals surface area contributed by atoms with Gasteiger partial charge >= 0.3 is 6.09 Å². The Hall–Kier alpha value is -1.38. The smallest absolute Gasteiger partial charge is 0.410 e. The van der Waals surface area contributed by atoms with E-state index in [0.717, 1.165) is 24.0 Å². The van der Waals surface area contributed by atoms with Crippen molar-refractivity contribution in [1.82, 2.24) is 14.9 Å². The third kappa shape index (κ3) is 3.50. The van der Waals surface area contributed by atoms with Crippen molar-refractivity contribution in [3.63, 3.8) is 0 Å². The van der Waals surface area contributed by atoms with E-state index in [1.165, 1.54) is 5.56 Å². The number of carbonyl (C=O) groups excluding carboxylic acids is 1. The standard InChI is InChI=1S/C16H21N3O2.Pd/c1-16(2,3)21-15(20)19-8-6-11(10-19)12-9-18-13-5-4-7-17-14(12)13;/h4-5,7,9,11,18H,6,8,10H2,1-3H3;. The van der Waals surface area contributed by atoms with Crippen LogP contribution < -0.4 is 0 Å². The molecule has 22 heavy (non-hydrogen) atoms. The summed E-state index contributed by atoms with van der Waals surface area (Å²) < 4.78 is 5.44. The van der Waals surface area contributed by atoms with E-state index in [1.54, 1.807) is 11.1 Å². The molecule has 122 valence electrons. The molecule has 1 aliphatic heterocycles. The topological polar surface area (TPSA) is 58.2 Å². The molecule has 0 saturated carbocycles. The zero-order valence-corrected chi connectivity index (χ0v) is 14.6. The summed E-state index contributed by atoms with van der Waals surface area (Å²) in [5.41, 5.74) is 2.80. The Balaban J connectivity index is 0.00000176. The fourth-order valence-corrected chi connectivity index (χ4v) is 2.79. The fraction of sp³-hybridized carbons (Fsp3) is 0.500. The van der Waals surface area contributed by atoms with Crippen molar-refractivity contribution in [3.05, 3.63) is 30.1 Å². The molecule has 3 heterocycles. The number of likely N-dealkylation sites (tertiary alicyclic amines) is 1. The van der Waals surface area contributed by atoms with Crippen LogP contribution in [0.15, 0.2) is 24.5 Å². The molecule has 1 unspecified atom stereocenters. The molecule has 0 aliphatic carbocycles. The minimum atomic E-state index is -0.447. The summed E-state index contributed by atoms with van der Waals surface area (Å²) in [4.78, 5) is 21.6. The summed E-state index contributed by atoms with van der Waals surface area (Å²) in [6.45, 7) is 7.10. The average Bonchev–Trinajstić information content (AvgIpc) is 3.03. The van der Waals surface area contributed by atoms with Crippen LogP contribution in [0.2, 0.25) is 0 Å². The van der Waals surface area contributed by atoms with Gasteiger partial charge in [0.1, 0.15) is 5.60 Å². The van der Waals surface area contributed by atoms with E-state index in [4.69, 9.17) is 4.74 Å². The second-order valence-corrected chi connectivity index (χ2v) is 6.56. The van der Waals surface area contributed by atoms with E-state index >= 15 is 0 Å². The van der Waals surface area contributed by atoms with Gasteiger partial charge in [-0.25, -0.2) is 4.79 Å². The second kappa shape index (κ2) is 6.39. The molecule has 0 spiro atoms. The summed E-state index contributed by atoms with van der Waals surface area (Å²) in [7, 11) is 0. The van der Waals surface area contributed by atoms with Crippen molar-refractivity contribution in [3.8, 4) is 0 Å². The summed E-state index contributed by atoms with van der Waals surface area (Å²) in [6, 6.07) is 3.94. The SMILES string of the molecule is CC(C)(C)OC(=O)N1CCC(c2c[nH]c3cccnc23)C1.[Pd]. The number of amides is 1. The van der Waals surface area contributed by atoms with Crippen LogP contribution in [0.4, 0.5) is 4.79 Å². The predicted octanol–water partition coefficient (Wildman–Crippen LogP) is 3.28. The van der Waals surface area contributed by atoms with Gasteiger partial charge in [-0.15, -0.1) is 0 Å². The van der Waals surface area contributed by atoms with Crippen molar-refractivity contribution >= 4 is 17.1 Å². The van der Waals surface area contributed by atoms with E-state index in [-0.39, 0.29) is 26.5 Å².